The zero-order valence-corrected chi connectivity index (χ0v) is 8.57. The number of rotatable bonds is 1. The number of fused-ring (bicyclic) bond motifs is 1. The lowest BCUT2D eigenvalue weighted by molar-refractivity contribution is 0.474. The van der Waals surface area contributed by atoms with E-state index in [9.17, 15) is 13.2 Å². The minimum Gasteiger partial charge on any atom is -0.313 e. The molecule has 0 aliphatic rings. The average molecular weight is 248 g/mol. The van der Waals surface area contributed by atoms with Crippen molar-refractivity contribution in [3.8, 4) is 0 Å². The first kappa shape index (κ1) is 10.0. The molecule has 4 N–H and O–H groups in total. The van der Waals surface area contributed by atoms with Gasteiger partial charge in [-0.1, -0.05) is 12.2 Å². The highest BCUT2D eigenvalue weighted by Gasteiger charge is 2.14. The minimum atomic E-state index is -4.48. The summed E-state index contributed by atoms with van der Waals surface area (Å²) >= 11 is 4.73. The van der Waals surface area contributed by atoms with Crippen LogP contribution in [-0.2, 0) is 10.1 Å². The fourth-order valence-electron chi connectivity index (χ4n) is 1.04. The van der Waals surface area contributed by atoms with Gasteiger partial charge in [-0.2, -0.15) is 8.42 Å². The topological polar surface area (TPSA) is 132 Å². The molecule has 2 aromatic rings. The smallest absolute Gasteiger partial charge is 0.313 e. The summed E-state index contributed by atoms with van der Waals surface area (Å²) in [4.78, 5) is 21.1. The van der Waals surface area contributed by atoms with Gasteiger partial charge in [-0.3, -0.25) is 9.54 Å². The Labute approximate surface area is 87.1 Å². The SMILES string of the molecule is O=c1[nH]c2[nH]c(S(=O)(=O)O)nc(=S)c2[nH]1. The summed E-state index contributed by atoms with van der Waals surface area (Å²) in [7, 11) is -4.48. The van der Waals surface area contributed by atoms with E-state index in [1.54, 1.807) is 0 Å². The number of hydrogen-bond donors (Lipinski definition) is 4. The van der Waals surface area contributed by atoms with Crippen molar-refractivity contribution in [2.75, 3.05) is 0 Å². The van der Waals surface area contributed by atoms with Crippen LogP contribution in [-0.4, -0.2) is 32.9 Å². The summed E-state index contributed by atoms with van der Waals surface area (Å²) in [5.41, 5.74) is -0.309. The minimum absolute atomic E-state index is 0.0626. The quantitative estimate of drug-likeness (QED) is 0.307. The number of aromatic amines is 3. The Kier molecular flexibility index (Phi) is 1.99. The summed E-state index contributed by atoms with van der Waals surface area (Å²) in [6.45, 7) is 0. The molecule has 0 aliphatic heterocycles. The van der Waals surface area contributed by atoms with Crippen LogP contribution in [0.4, 0.5) is 0 Å². The van der Waals surface area contributed by atoms with Gasteiger partial charge < -0.3 is 9.97 Å². The number of aromatic nitrogens is 4. The fraction of sp³-hybridized carbons (Fsp3) is 0. The highest BCUT2D eigenvalue weighted by atomic mass is 32.2. The van der Waals surface area contributed by atoms with Crippen molar-refractivity contribution in [1.82, 2.24) is 19.9 Å². The van der Waals surface area contributed by atoms with Crippen LogP contribution in [0, 0.1) is 4.64 Å². The molecule has 0 aromatic carbocycles. The Hall–Kier alpha value is -1.52. The molecular formula is C5H4N4O4S2. The molecule has 2 heterocycles. The van der Waals surface area contributed by atoms with E-state index < -0.39 is 21.0 Å². The van der Waals surface area contributed by atoms with Gasteiger partial charge in [-0.05, 0) is 0 Å². The van der Waals surface area contributed by atoms with E-state index >= 15 is 0 Å². The first-order valence-electron chi connectivity index (χ1n) is 3.58. The van der Waals surface area contributed by atoms with E-state index in [1.807, 2.05) is 0 Å². The number of imidazole rings is 1. The predicted octanol–water partition coefficient (Wildman–Crippen LogP) is -0.445. The first-order valence-corrected chi connectivity index (χ1v) is 5.42. The lowest BCUT2D eigenvalue weighted by Crippen LogP contribution is -2.05. The van der Waals surface area contributed by atoms with Crippen LogP contribution < -0.4 is 5.69 Å². The van der Waals surface area contributed by atoms with E-state index in [0.29, 0.717) is 0 Å². The summed E-state index contributed by atoms with van der Waals surface area (Å²) in [5, 5.41) is -0.713. The van der Waals surface area contributed by atoms with Gasteiger partial charge in [0.25, 0.3) is 5.16 Å². The third-order valence-corrected chi connectivity index (χ3v) is 2.60. The molecule has 2 rings (SSSR count). The molecule has 0 saturated heterocycles. The molecule has 0 aliphatic carbocycles. The van der Waals surface area contributed by atoms with Gasteiger partial charge in [0.1, 0.15) is 11.2 Å². The van der Waals surface area contributed by atoms with Crippen molar-refractivity contribution in [3.05, 3.63) is 15.1 Å². The maximum Gasteiger partial charge on any atom is 0.328 e. The van der Waals surface area contributed by atoms with Crippen LogP contribution in [0.1, 0.15) is 0 Å². The third kappa shape index (κ3) is 1.69. The monoisotopic (exact) mass is 248 g/mol. The molecule has 0 atom stereocenters. The molecule has 15 heavy (non-hydrogen) atoms. The Morgan fingerprint density at radius 3 is 2.53 bits per heavy atom. The van der Waals surface area contributed by atoms with Crippen LogP contribution in [0.3, 0.4) is 0 Å². The van der Waals surface area contributed by atoms with Crippen molar-refractivity contribution in [3.63, 3.8) is 0 Å². The molecule has 10 heteroatoms. The van der Waals surface area contributed by atoms with Gasteiger partial charge >= 0.3 is 15.8 Å². The Bertz CT molecular complexity index is 736. The highest BCUT2D eigenvalue weighted by molar-refractivity contribution is 7.85. The third-order valence-electron chi connectivity index (χ3n) is 1.62. The lowest BCUT2D eigenvalue weighted by atomic mass is 10.6. The molecule has 0 unspecified atom stereocenters. The highest BCUT2D eigenvalue weighted by Crippen LogP contribution is 2.08. The number of nitrogens with one attached hydrogen (secondary N) is 3. The van der Waals surface area contributed by atoms with E-state index in [0.717, 1.165) is 0 Å². The van der Waals surface area contributed by atoms with Crippen LogP contribution in [0.15, 0.2) is 9.95 Å². The molecular weight excluding hydrogens is 244 g/mol. The first-order chi connectivity index (χ1) is 6.88. The molecule has 8 nitrogen and oxygen atoms in total. The number of H-pyrrole nitrogens is 3. The summed E-state index contributed by atoms with van der Waals surface area (Å²) in [5.74, 6) is 0. The van der Waals surface area contributed by atoms with Gasteiger partial charge in [0.2, 0.25) is 0 Å². The molecule has 0 amide bonds. The van der Waals surface area contributed by atoms with Crippen LogP contribution in [0.5, 0.6) is 0 Å². The molecule has 0 spiro atoms. The fourth-order valence-corrected chi connectivity index (χ4v) is 1.78. The maximum absolute atomic E-state index is 10.9. The molecule has 0 radical (unpaired) electrons. The van der Waals surface area contributed by atoms with Crippen LogP contribution >= 0.6 is 12.2 Å². The normalized spacial score (nSPS) is 12.1. The Morgan fingerprint density at radius 1 is 1.27 bits per heavy atom. The van der Waals surface area contributed by atoms with Gasteiger partial charge in [-0.25, -0.2) is 9.78 Å². The van der Waals surface area contributed by atoms with E-state index in [-0.39, 0.29) is 15.8 Å². The zero-order chi connectivity index (χ0) is 11.2. The number of nitrogens with zero attached hydrogens (tertiary/aromatic N) is 1. The largest absolute Gasteiger partial charge is 0.328 e. The van der Waals surface area contributed by atoms with Crippen molar-refractivity contribution in [2.24, 2.45) is 0 Å². The maximum atomic E-state index is 10.9. The molecule has 0 saturated carbocycles. The predicted molar refractivity (Wildman–Crippen MR) is 51.7 cm³/mol. The van der Waals surface area contributed by atoms with E-state index in [2.05, 4.69) is 19.9 Å². The van der Waals surface area contributed by atoms with Gasteiger partial charge in [-0.15, -0.1) is 0 Å². The lowest BCUT2D eigenvalue weighted by Gasteiger charge is -1.96. The molecule has 80 valence electrons. The van der Waals surface area contributed by atoms with E-state index in [1.165, 1.54) is 0 Å². The molecule has 0 bridgehead atoms. The summed E-state index contributed by atoms with van der Waals surface area (Å²) in [6.07, 6.45) is 0. The van der Waals surface area contributed by atoms with Crippen LogP contribution in [0.2, 0.25) is 0 Å². The molecule has 0 fully saturated rings. The van der Waals surface area contributed by atoms with Crippen molar-refractivity contribution >= 4 is 33.5 Å². The Balaban J connectivity index is 2.96. The second-order valence-electron chi connectivity index (χ2n) is 2.65. The van der Waals surface area contributed by atoms with Crippen LogP contribution in [0.25, 0.3) is 11.2 Å². The molecule has 2 aromatic heterocycles. The summed E-state index contributed by atoms with van der Waals surface area (Å²) < 4.78 is 30.1. The second kappa shape index (κ2) is 2.98. The van der Waals surface area contributed by atoms with Crippen molar-refractivity contribution in [1.29, 1.82) is 0 Å². The van der Waals surface area contributed by atoms with Crippen molar-refractivity contribution in [2.45, 2.75) is 5.16 Å². The standard InChI is InChI=1S/C5H4N4O4S2/c10-4-6-1-2(7-4)8-5(9-3(1)14)15(11,12)13/h(H,11,12,13)(H3,6,7,8,9,10,14). The second-order valence-corrected chi connectivity index (χ2v) is 4.37. The van der Waals surface area contributed by atoms with Gasteiger partial charge in [0, 0.05) is 0 Å². The Morgan fingerprint density at radius 2 is 1.93 bits per heavy atom. The number of hydrogen-bond acceptors (Lipinski definition) is 5. The van der Waals surface area contributed by atoms with Gasteiger partial charge in [0.15, 0.2) is 4.64 Å². The van der Waals surface area contributed by atoms with Gasteiger partial charge in [0.05, 0.1) is 0 Å². The average Bonchev–Trinajstić information content (AvgIpc) is 2.44. The van der Waals surface area contributed by atoms with Crippen molar-refractivity contribution < 1.29 is 13.0 Å². The van der Waals surface area contributed by atoms with E-state index in [4.69, 9.17) is 16.8 Å². The summed E-state index contributed by atoms with van der Waals surface area (Å²) in [6, 6.07) is 0. The zero-order valence-electron chi connectivity index (χ0n) is 6.94.